The Morgan fingerprint density at radius 2 is 1.88 bits per heavy atom. The van der Waals surface area contributed by atoms with Crippen LogP contribution in [0.2, 0.25) is 15.3 Å². The molecule has 0 aliphatic heterocycles. The van der Waals surface area contributed by atoms with Crippen molar-refractivity contribution in [2.45, 2.75) is 6.54 Å². The van der Waals surface area contributed by atoms with Gasteiger partial charge < -0.3 is 5.32 Å². The van der Waals surface area contributed by atoms with Gasteiger partial charge in [0.05, 0.1) is 10.4 Å². The number of benzene rings is 2. The summed E-state index contributed by atoms with van der Waals surface area (Å²) >= 11 is 17.9. The highest BCUT2D eigenvalue weighted by atomic mass is 35.5. The van der Waals surface area contributed by atoms with E-state index in [1.54, 1.807) is 18.2 Å². The van der Waals surface area contributed by atoms with Crippen LogP contribution in [0.5, 0.6) is 0 Å². The lowest BCUT2D eigenvalue weighted by molar-refractivity contribution is -0.384. The molecule has 6 nitrogen and oxygen atoms in total. The molecule has 0 spiro atoms. The zero-order valence-corrected chi connectivity index (χ0v) is 14.2. The van der Waals surface area contributed by atoms with Gasteiger partial charge in [-0.05, 0) is 35.4 Å². The molecule has 1 heterocycles. The van der Waals surface area contributed by atoms with Crippen LogP contribution in [0.15, 0.2) is 36.4 Å². The smallest absolute Gasteiger partial charge is 0.270 e. The highest BCUT2D eigenvalue weighted by Gasteiger charge is 2.13. The first-order chi connectivity index (χ1) is 11.4. The number of nitro benzene ring substituents is 1. The van der Waals surface area contributed by atoms with Crippen molar-refractivity contribution in [3.63, 3.8) is 0 Å². The second kappa shape index (κ2) is 6.76. The minimum Gasteiger partial charge on any atom is -0.365 e. The van der Waals surface area contributed by atoms with Crippen molar-refractivity contribution in [3.8, 4) is 0 Å². The molecule has 0 bridgehead atoms. The molecule has 0 unspecified atom stereocenters. The third-order valence-electron chi connectivity index (χ3n) is 3.32. The summed E-state index contributed by atoms with van der Waals surface area (Å²) in [7, 11) is 0. The van der Waals surface area contributed by atoms with E-state index in [1.165, 1.54) is 18.2 Å². The summed E-state index contributed by atoms with van der Waals surface area (Å²) in [6.45, 7) is 0.348. The number of nitro groups is 1. The molecule has 0 amide bonds. The Bertz CT molecular complexity index is 949. The second-order valence-corrected chi connectivity index (χ2v) is 6.07. The molecule has 0 saturated heterocycles. The fraction of sp³-hybridized carbons (Fsp3) is 0.0667. The summed E-state index contributed by atoms with van der Waals surface area (Å²) in [5.74, 6) is 0.389. The van der Waals surface area contributed by atoms with Gasteiger partial charge in [-0.2, -0.15) is 0 Å². The predicted octanol–water partition coefficient (Wildman–Crippen LogP) is 5.11. The topological polar surface area (TPSA) is 81.0 Å². The van der Waals surface area contributed by atoms with Gasteiger partial charge in [-0.3, -0.25) is 10.1 Å². The van der Waals surface area contributed by atoms with Gasteiger partial charge in [0.1, 0.15) is 5.82 Å². The van der Waals surface area contributed by atoms with Crippen molar-refractivity contribution in [2.75, 3.05) is 5.32 Å². The quantitative estimate of drug-likeness (QED) is 0.384. The zero-order valence-electron chi connectivity index (χ0n) is 12.0. The van der Waals surface area contributed by atoms with E-state index in [9.17, 15) is 10.1 Å². The number of fused-ring (bicyclic) bond motifs is 1. The van der Waals surface area contributed by atoms with Crippen LogP contribution in [-0.4, -0.2) is 14.9 Å². The third-order valence-corrected chi connectivity index (χ3v) is 4.08. The Morgan fingerprint density at radius 3 is 2.58 bits per heavy atom. The first kappa shape index (κ1) is 16.7. The van der Waals surface area contributed by atoms with Crippen molar-refractivity contribution >= 4 is 57.2 Å². The normalized spacial score (nSPS) is 10.8. The Hall–Kier alpha value is -2.15. The molecular formula is C15H9Cl3N4O2. The van der Waals surface area contributed by atoms with Crippen LogP contribution in [0.25, 0.3) is 10.9 Å². The molecule has 1 aromatic heterocycles. The fourth-order valence-corrected chi connectivity index (χ4v) is 2.83. The maximum absolute atomic E-state index is 11.0. The van der Waals surface area contributed by atoms with Crippen LogP contribution in [0.4, 0.5) is 11.5 Å². The molecule has 3 rings (SSSR count). The summed E-state index contributed by atoms with van der Waals surface area (Å²) in [6, 6.07) is 9.44. The lowest BCUT2D eigenvalue weighted by Gasteiger charge is -2.10. The molecule has 0 radical (unpaired) electrons. The van der Waals surface area contributed by atoms with E-state index >= 15 is 0 Å². The van der Waals surface area contributed by atoms with E-state index in [0.717, 1.165) is 5.56 Å². The molecule has 2 aromatic carbocycles. The number of nitrogens with one attached hydrogen (secondary N) is 1. The summed E-state index contributed by atoms with van der Waals surface area (Å²) in [6.07, 6.45) is 0. The summed E-state index contributed by atoms with van der Waals surface area (Å²) < 4.78 is 0. The number of halogens is 3. The minimum absolute atomic E-state index is 0.0426. The van der Waals surface area contributed by atoms with E-state index in [0.29, 0.717) is 33.3 Å². The van der Waals surface area contributed by atoms with Crippen LogP contribution in [0, 0.1) is 10.1 Å². The van der Waals surface area contributed by atoms with Crippen LogP contribution in [0.1, 0.15) is 5.56 Å². The van der Waals surface area contributed by atoms with E-state index in [1.807, 2.05) is 0 Å². The summed E-state index contributed by atoms with van der Waals surface area (Å²) in [4.78, 5) is 18.7. The first-order valence-corrected chi connectivity index (χ1v) is 7.87. The number of hydrogen-bond donors (Lipinski definition) is 1. The maximum atomic E-state index is 11.0. The molecule has 0 aliphatic rings. The molecule has 1 N–H and O–H groups in total. The van der Waals surface area contributed by atoms with Gasteiger partial charge >= 0.3 is 0 Å². The predicted molar refractivity (Wildman–Crippen MR) is 95.0 cm³/mol. The Labute approximate surface area is 151 Å². The van der Waals surface area contributed by atoms with Gasteiger partial charge in [0, 0.05) is 34.1 Å². The third kappa shape index (κ3) is 3.51. The van der Waals surface area contributed by atoms with E-state index in [-0.39, 0.29) is 11.0 Å². The van der Waals surface area contributed by atoms with E-state index in [4.69, 9.17) is 34.8 Å². The summed E-state index contributed by atoms with van der Waals surface area (Å²) in [5.41, 5.74) is 1.25. The van der Waals surface area contributed by atoms with Gasteiger partial charge in [-0.1, -0.05) is 29.3 Å². The van der Waals surface area contributed by atoms with Crippen molar-refractivity contribution in [3.05, 3.63) is 67.4 Å². The average molecular weight is 384 g/mol. The molecule has 0 saturated carbocycles. The number of anilines is 1. The zero-order chi connectivity index (χ0) is 17.3. The fourth-order valence-electron chi connectivity index (χ4n) is 2.18. The van der Waals surface area contributed by atoms with Gasteiger partial charge in [-0.25, -0.2) is 9.97 Å². The van der Waals surface area contributed by atoms with E-state index < -0.39 is 4.92 Å². The van der Waals surface area contributed by atoms with Gasteiger partial charge in [0.25, 0.3) is 5.69 Å². The maximum Gasteiger partial charge on any atom is 0.270 e. The van der Waals surface area contributed by atoms with Crippen LogP contribution < -0.4 is 5.32 Å². The van der Waals surface area contributed by atoms with Crippen molar-refractivity contribution in [1.29, 1.82) is 0 Å². The molecule has 0 atom stereocenters. The van der Waals surface area contributed by atoms with Crippen molar-refractivity contribution in [1.82, 2.24) is 9.97 Å². The Balaban J connectivity index is 1.98. The molecule has 0 aliphatic carbocycles. The molecular weight excluding hydrogens is 375 g/mol. The van der Waals surface area contributed by atoms with Crippen LogP contribution in [-0.2, 0) is 6.54 Å². The lowest BCUT2D eigenvalue weighted by Crippen LogP contribution is -2.04. The Morgan fingerprint density at radius 1 is 1.08 bits per heavy atom. The minimum atomic E-state index is -0.478. The van der Waals surface area contributed by atoms with E-state index in [2.05, 4.69) is 15.3 Å². The second-order valence-electron chi connectivity index (χ2n) is 4.89. The summed E-state index contributed by atoms with van der Waals surface area (Å²) in [5, 5.41) is 15.6. The largest absolute Gasteiger partial charge is 0.365 e. The average Bonchev–Trinajstić information content (AvgIpc) is 2.53. The highest BCUT2D eigenvalue weighted by molar-refractivity contribution is 6.35. The SMILES string of the molecule is O=[N+]([O-])c1ccc2nc(Cl)nc(NCc3ccc(Cl)cc3Cl)c2c1. The number of hydrogen-bond acceptors (Lipinski definition) is 5. The standard InChI is InChI=1S/C15H9Cl3N4O2/c16-9-2-1-8(12(17)5-9)7-19-14-11-6-10(22(23)24)3-4-13(11)20-15(18)21-14/h1-6H,7H2,(H,19,20,21). The van der Waals surface area contributed by atoms with Crippen LogP contribution >= 0.6 is 34.8 Å². The molecule has 122 valence electrons. The monoisotopic (exact) mass is 382 g/mol. The van der Waals surface area contributed by atoms with Crippen molar-refractivity contribution < 1.29 is 4.92 Å². The lowest BCUT2D eigenvalue weighted by atomic mass is 10.2. The Kier molecular flexibility index (Phi) is 4.71. The van der Waals surface area contributed by atoms with Crippen LogP contribution in [0.3, 0.4) is 0 Å². The molecule has 0 fully saturated rings. The number of rotatable bonds is 4. The number of aromatic nitrogens is 2. The highest BCUT2D eigenvalue weighted by Crippen LogP contribution is 2.28. The molecule has 3 aromatic rings. The van der Waals surface area contributed by atoms with Gasteiger partial charge in [0.2, 0.25) is 5.28 Å². The van der Waals surface area contributed by atoms with Gasteiger partial charge in [0.15, 0.2) is 0 Å². The van der Waals surface area contributed by atoms with Crippen molar-refractivity contribution in [2.24, 2.45) is 0 Å². The molecule has 24 heavy (non-hydrogen) atoms. The molecule has 9 heteroatoms. The number of nitrogens with zero attached hydrogens (tertiary/aromatic N) is 3. The van der Waals surface area contributed by atoms with Gasteiger partial charge in [-0.15, -0.1) is 0 Å². The number of non-ortho nitro benzene ring substituents is 1. The first-order valence-electron chi connectivity index (χ1n) is 6.73.